The van der Waals surface area contributed by atoms with Gasteiger partial charge >= 0.3 is 6.03 Å². The number of carbonyl (C=O) groups is 1. The van der Waals surface area contributed by atoms with Gasteiger partial charge in [-0.2, -0.15) is 0 Å². The van der Waals surface area contributed by atoms with Gasteiger partial charge in [0.2, 0.25) is 0 Å². The molecular weight excluding hydrogens is 192 g/mol. The van der Waals surface area contributed by atoms with E-state index in [2.05, 4.69) is 5.32 Å². The Morgan fingerprint density at radius 2 is 2.31 bits per heavy atom. The Labute approximate surface area is 79.7 Å². The van der Waals surface area contributed by atoms with Gasteiger partial charge < -0.3 is 5.32 Å². The van der Waals surface area contributed by atoms with Crippen molar-refractivity contribution in [1.82, 2.24) is 5.06 Å². The Kier molecular flexibility index (Phi) is 1.86. The molecule has 1 aromatic rings. The maximum absolute atomic E-state index is 11.0. The number of nitrogens with one attached hydrogen (secondary N) is 1. The summed E-state index contributed by atoms with van der Waals surface area (Å²) in [6, 6.07) is 4.70. The number of halogens is 1. The summed E-state index contributed by atoms with van der Waals surface area (Å²) in [6.45, 7) is 0.168. The minimum atomic E-state index is -0.555. The summed E-state index contributed by atoms with van der Waals surface area (Å²) in [6.07, 6.45) is 0. The molecule has 1 aliphatic heterocycles. The van der Waals surface area contributed by atoms with Crippen LogP contribution in [0.15, 0.2) is 18.2 Å². The summed E-state index contributed by atoms with van der Waals surface area (Å²) in [7, 11) is 0. The molecule has 2 amide bonds. The second kappa shape index (κ2) is 2.90. The summed E-state index contributed by atoms with van der Waals surface area (Å²) in [5, 5.41) is 12.7. The van der Waals surface area contributed by atoms with E-state index < -0.39 is 6.03 Å². The highest BCUT2D eigenvalue weighted by molar-refractivity contribution is 6.34. The van der Waals surface area contributed by atoms with Crippen molar-refractivity contribution in [2.45, 2.75) is 6.54 Å². The first-order valence-corrected chi connectivity index (χ1v) is 4.11. The number of carbonyl (C=O) groups excluding carboxylic acids is 1. The van der Waals surface area contributed by atoms with Crippen LogP contribution >= 0.6 is 11.6 Å². The molecule has 1 aliphatic rings. The van der Waals surface area contributed by atoms with E-state index in [0.29, 0.717) is 15.8 Å². The summed E-state index contributed by atoms with van der Waals surface area (Å²) >= 11 is 5.84. The van der Waals surface area contributed by atoms with Crippen LogP contribution in [0.4, 0.5) is 10.5 Å². The molecule has 0 aromatic heterocycles. The van der Waals surface area contributed by atoms with Gasteiger partial charge in [-0.3, -0.25) is 5.21 Å². The molecule has 5 heteroatoms. The number of hydroxylamine groups is 2. The topological polar surface area (TPSA) is 52.6 Å². The minimum Gasteiger partial charge on any atom is -0.304 e. The number of urea groups is 1. The number of rotatable bonds is 0. The number of hydrogen-bond acceptors (Lipinski definition) is 2. The Bertz CT molecular complexity index is 367. The first-order chi connectivity index (χ1) is 6.18. The Morgan fingerprint density at radius 1 is 1.54 bits per heavy atom. The van der Waals surface area contributed by atoms with Gasteiger partial charge in [-0.25, -0.2) is 9.86 Å². The summed E-state index contributed by atoms with van der Waals surface area (Å²) < 4.78 is 0. The Hall–Kier alpha value is -1.26. The lowest BCUT2D eigenvalue weighted by atomic mass is 10.1. The molecule has 0 saturated heterocycles. The first kappa shape index (κ1) is 8.34. The van der Waals surface area contributed by atoms with Gasteiger partial charge in [0.15, 0.2) is 0 Å². The predicted molar refractivity (Wildman–Crippen MR) is 47.8 cm³/mol. The lowest BCUT2D eigenvalue weighted by Crippen LogP contribution is -2.36. The fourth-order valence-corrected chi connectivity index (χ4v) is 1.49. The predicted octanol–water partition coefficient (Wildman–Crippen LogP) is 2.08. The molecule has 2 N–H and O–H groups in total. The average molecular weight is 199 g/mol. The third kappa shape index (κ3) is 1.34. The Morgan fingerprint density at radius 3 is 3.08 bits per heavy atom. The van der Waals surface area contributed by atoms with E-state index in [0.717, 1.165) is 5.56 Å². The van der Waals surface area contributed by atoms with Crippen LogP contribution in [0.3, 0.4) is 0 Å². The van der Waals surface area contributed by atoms with Gasteiger partial charge in [-0.05, 0) is 11.6 Å². The van der Waals surface area contributed by atoms with Crippen LogP contribution in [0, 0.1) is 0 Å². The molecule has 2 rings (SSSR count). The number of benzene rings is 1. The fraction of sp³-hybridized carbons (Fsp3) is 0.125. The van der Waals surface area contributed by atoms with Crippen molar-refractivity contribution in [2.24, 2.45) is 0 Å². The molecule has 0 spiro atoms. The molecule has 0 fully saturated rings. The van der Waals surface area contributed by atoms with E-state index in [1.807, 2.05) is 0 Å². The second-order valence-electron chi connectivity index (χ2n) is 2.76. The largest absolute Gasteiger partial charge is 0.345 e. The molecule has 68 valence electrons. The van der Waals surface area contributed by atoms with Crippen LogP contribution in [-0.2, 0) is 6.54 Å². The highest BCUT2D eigenvalue weighted by Crippen LogP contribution is 2.29. The van der Waals surface area contributed by atoms with Gasteiger partial charge in [0.05, 0.1) is 17.3 Å². The van der Waals surface area contributed by atoms with Crippen molar-refractivity contribution in [3.63, 3.8) is 0 Å². The molecule has 0 unspecified atom stereocenters. The molecular formula is C8H7ClN2O2. The Balaban J connectivity index is 2.48. The van der Waals surface area contributed by atoms with Gasteiger partial charge in [0.25, 0.3) is 0 Å². The molecule has 4 nitrogen and oxygen atoms in total. The molecule has 0 aliphatic carbocycles. The quantitative estimate of drug-likeness (QED) is 0.627. The maximum Gasteiger partial charge on any atom is 0.345 e. The van der Waals surface area contributed by atoms with Crippen molar-refractivity contribution < 1.29 is 10.0 Å². The number of anilines is 1. The SMILES string of the molecule is O=C1Nc2c(Cl)cccc2CN1O. The summed E-state index contributed by atoms with van der Waals surface area (Å²) in [5.74, 6) is 0. The van der Waals surface area contributed by atoms with Gasteiger partial charge in [-0.1, -0.05) is 23.7 Å². The molecule has 0 bridgehead atoms. The van der Waals surface area contributed by atoms with Crippen LogP contribution in [0.5, 0.6) is 0 Å². The third-order valence-electron chi connectivity index (χ3n) is 1.89. The van der Waals surface area contributed by atoms with Crippen molar-refractivity contribution in [1.29, 1.82) is 0 Å². The van der Waals surface area contributed by atoms with Gasteiger partial charge in [-0.15, -0.1) is 0 Å². The zero-order valence-electron chi connectivity index (χ0n) is 6.62. The normalized spacial score (nSPS) is 15.2. The standard InChI is InChI=1S/C8H7ClN2O2/c9-6-3-1-2-5-4-11(13)8(12)10-7(5)6/h1-3,13H,4H2,(H,10,12). The maximum atomic E-state index is 11.0. The number of nitrogens with zero attached hydrogens (tertiary/aromatic N) is 1. The minimum absolute atomic E-state index is 0.168. The number of para-hydroxylation sites is 1. The van der Waals surface area contributed by atoms with Crippen LogP contribution < -0.4 is 5.32 Å². The van der Waals surface area contributed by atoms with Crippen molar-refractivity contribution >= 4 is 23.3 Å². The van der Waals surface area contributed by atoms with Crippen LogP contribution in [0.1, 0.15) is 5.56 Å². The van der Waals surface area contributed by atoms with E-state index in [1.165, 1.54) is 0 Å². The molecule has 0 atom stereocenters. The molecule has 13 heavy (non-hydrogen) atoms. The van der Waals surface area contributed by atoms with E-state index >= 15 is 0 Å². The molecule has 1 heterocycles. The summed E-state index contributed by atoms with van der Waals surface area (Å²) in [5.41, 5.74) is 1.38. The first-order valence-electron chi connectivity index (χ1n) is 3.73. The average Bonchev–Trinajstić information content (AvgIpc) is 2.09. The summed E-state index contributed by atoms with van der Waals surface area (Å²) in [4.78, 5) is 11.0. The zero-order chi connectivity index (χ0) is 9.42. The zero-order valence-corrected chi connectivity index (χ0v) is 7.38. The molecule has 0 saturated carbocycles. The van der Waals surface area contributed by atoms with E-state index in [1.54, 1.807) is 18.2 Å². The third-order valence-corrected chi connectivity index (χ3v) is 2.20. The highest BCUT2D eigenvalue weighted by Gasteiger charge is 2.22. The van der Waals surface area contributed by atoms with Gasteiger partial charge in [0, 0.05) is 0 Å². The molecule has 1 aromatic carbocycles. The second-order valence-corrected chi connectivity index (χ2v) is 3.17. The highest BCUT2D eigenvalue weighted by atomic mass is 35.5. The van der Waals surface area contributed by atoms with Crippen LogP contribution in [0.2, 0.25) is 5.02 Å². The van der Waals surface area contributed by atoms with Crippen LogP contribution in [-0.4, -0.2) is 16.3 Å². The van der Waals surface area contributed by atoms with E-state index in [-0.39, 0.29) is 6.54 Å². The number of fused-ring (bicyclic) bond motifs is 1. The smallest absolute Gasteiger partial charge is 0.304 e. The van der Waals surface area contributed by atoms with Crippen LogP contribution in [0.25, 0.3) is 0 Å². The lowest BCUT2D eigenvalue weighted by Gasteiger charge is -2.24. The fourth-order valence-electron chi connectivity index (χ4n) is 1.25. The van der Waals surface area contributed by atoms with Crippen molar-refractivity contribution in [2.75, 3.05) is 5.32 Å². The number of amides is 2. The van der Waals surface area contributed by atoms with E-state index in [9.17, 15) is 4.79 Å². The van der Waals surface area contributed by atoms with Crippen molar-refractivity contribution in [3.05, 3.63) is 28.8 Å². The molecule has 0 radical (unpaired) electrons. The van der Waals surface area contributed by atoms with E-state index in [4.69, 9.17) is 16.8 Å². The lowest BCUT2D eigenvalue weighted by molar-refractivity contribution is -0.0469. The monoisotopic (exact) mass is 198 g/mol. The number of hydrogen-bond donors (Lipinski definition) is 2. The van der Waals surface area contributed by atoms with Gasteiger partial charge in [0.1, 0.15) is 0 Å². The van der Waals surface area contributed by atoms with Crippen molar-refractivity contribution in [3.8, 4) is 0 Å².